The lowest BCUT2D eigenvalue weighted by molar-refractivity contribution is 0.00296. The van der Waals surface area contributed by atoms with Gasteiger partial charge in [0.05, 0.1) is 19.0 Å². The van der Waals surface area contributed by atoms with E-state index in [-0.39, 0.29) is 5.41 Å². The molecule has 0 bridgehead atoms. The monoisotopic (exact) mass is 466 g/mol. The predicted molar refractivity (Wildman–Crippen MR) is 138 cm³/mol. The molecule has 34 heavy (non-hydrogen) atoms. The number of benzene rings is 1. The van der Waals surface area contributed by atoms with Gasteiger partial charge in [-0.3, -0.25) is 4.90 Å². The minimum absolute atomic E-state index is 0.163. The molecule has 1 N–H and O–H groups in total. The first-order valence-corrected chi connectivity index (χ1v) is 12.4. The van der Waals surface area contributed by atoms with E-state index < -0.39 is 6.10 Å². The van der Waals surface area contributed by atoms with E-state index in [0.717, 1.165) is 31.8 Å². The van der Waals surface area contributed by atoms with Gasteiger partial charge in [0, 0.05) is 31.5 Å². The molecule has 186 valence electrons. The van der Waals surface area contributed by atoms with E-state index in [0.29, 0.717) is 25.7 Å². The van der Waals surface area contributed by atoms with Crippen LogP contribution in [0.5, 0.6) is 0 Å². The molecule has 0 fully saturated rings. The van der Waals surface area contributed by atoms with E-state index in [1.165, 1.54) is 16.8 Å². The quantitative estimate of drug-likeness (QED) is 0.343. The molecular weight excluding hydrogens is 424 g/mol. The summed E-state index contributed by atoms with van der Waals surface area (Å²) in [6.07, 6.45) is 4.33. The molecule has 0 saturated carbocycles. The van der Waals surface area contributed by atoms with Crippen molar-refractivity contribution in [3.8, 4) is 0 Å². The second-order valence-electron chi connectivity index (χ2n) is 10.7. The van der Waals surface area contributed by atoms with Gasteiger partial charge in [-0.25, -0.2) is 0 Å². The number of nitrogens with zero attached hydrogens (tertiary/aromatic N) is 2. The summed E-state index contributed by atoms with van der Waals surface area (Å²) in [4.78, 5) is 2.34. The van der Waals surface area contributed by atoms with Crippen molar-refractivity contribution < 1.29 is 14.3 Å². The summed E-state index contributed by atoms with van der Waals surface area (Å²) in [7, 11) is 0. The van der Waals surface area contributed by atoms with Crippen molar-refractivity contribution in [2.75, 3.05) is 19.7 Å². The van der Waals surface area contributed by atoms with Crippen LogP contribution in [0.25, 0.3) is 0 Å². The molecule has 0 aliphatic heterocycles. The van der Waals surface area contributed by atoms with Gasteiger partial charge in [-0.1, -0.05) is 58.9 Å². The summed E-state index contributed by atoms with van der Waals surface area (Å²) in [5.41, 5.74) is 4.07. The minimum Gasteiger partial charge on any atom is -0.467 e. The maximum atomic E-state index is 10.6. The first-order chi connectivity index (χ1) is 16.2. The standard InChI is InChI=1S/C29H42N2O3/c1-23(2)14-16-30(20-27(32)21-33-22-28-9-7-17-34-28)19-26-8-6-15-31(26)18-24-10-12-25(13-11-24)29(3,4)5/h6-13,15,17,23,27,32H,14,16,18-22H2,1-5H3. The van der Waals surface area contributed by atoms with E-state index >= 15 is 0 Å². The molecule has 3 rings (SSSR count). The SMILES string of the molecule is CC(C)CCN(Cc1cccn1Cc1ccc(C(C)(C)C)cc1)CC(O)COCc1ccco1. The van der Waals surface area contributed by atoms with Crippen molar-refractivity contribution in [3.05, 3.63) is 83.6 Å². The lowest BCUT2D eigenvalue weighted by Gasteiger charge is -2.26. The molecule has 0 amide bonds. The van der Waals surface area contributed by atoms with Crippen molar-refractivity contribution in [2.45, 2.75) is 72.3 Å². The predicted octanol–water partition coefficient (Wildman–Crippen LogP) is 5.85. The fourth-order valence-electron chi connectivity index (χ4n) is 4.00. The average molecular weight is 467 g/mol. The Balaban J connectivity index is 1.59. The summed E-state index contributed by atoms with van der Waals surface area (Å²) >= 11 is 0. The summed E-state index contributed by atoms with van der Waals surface area (Å²) in [5.74, 6) is 1.39. The van der Waals surface area contributed by atoms with Gasteiger partial charge in [0.1, 0.15) is 12.4 Å². The van der Waals surface area contributed by atoms with Crippen LogP contribution in [0.15, 0.2) is 65.4 Å². The van der Waals surface area contributed by atoms with E-state index in [4.69, 9.17) is 9.15 Å². The third kappa shape index (κ3) is 8.46. The molecular formula is C29H42N2O3. The van der Waals surface area contributed by atoms with E-state index in [1.54, 1.807) is 6.26 Å². The normalized spacial score (nSPS) is 13.2. The van der Waals surface area contributed by atoms with Crippen LogP contribution in [-0.4, -0.2) is 40.4 Å². The highest BCUT2D eigenvalue weighted by molar-refractivity contribution is 5.28. The summed E-state index contributed by atoms with van der Waals surface area (Å²) in [5, 5.41) is 10.6. The molecule has 0 radical (unpaired) electrons. The number of aromatic nitrogens is 1. The molecule has 2 heterocycles. The van der Waals surface area contributed by atoms with Crippen molar-refractivity contribution in [1.29, 1.82) is 0 Å². The smallest absolute Gasteiger partial charge is 0.129 e. The van der Waals surface area contributed by atoms with Crippen molar-refractivity contribution in [3.63, 3.8) is 0 Å². The number of hydrogen-bond acceptors (Lipinski definition) is 4. The number of aliphatic hydroxyl groups is 1. The average Bonchev–Trinajstić information content (AvgIpc) is 3.44. The van der Waals surface area contributed by atoms with Gasteiger partial charge in [-0.2, -0.15) is 0 Å². The summed E-state index contributed by atoms with van der Waals surface area (Å²) in [6.45, 7) is 15.1. The molecule has 0 spiro atoms. The Labute approximate surface area is 205 Å². The Kier molecular flexibility index (Phi) is 9.57. The van der Waals surface area contributed by atoms with Crippen LogP contribution < -0.4 is 0 Å². The number of hydrogen-bond donors (Lipinski definition) is 1. The molecule has 1 unspecified atom stereocenters. The Morgan fingerprint density at radius 2 is 1.82 bits per heavy atom. The number of aliphatic hydroxyl groups excluding tert-OH is 1. The maximum Gasteiger partial charge on any atom is 0.129 e. The van der Waals surface area contributed by atoms with Crippen molar-refractivity contribution in [2.24, 2.45) is 5.92 Å². The number of furan rings is 1. The number of rotatable bonds is 13. The third-order valence-corrected chi connectivity index (χ3v) is 6.11. The van der Waals surface area contributed by atoms with E-state index in [2.05, 4.69) is 86.7 Å². The molecule has 0 aliphatic carbocycles. The highest BCUT2D eigenvalue weighted by atomic mass is 16.5. The largest absolute Gasteiger partial charge is 0.467 e. The molecule has 3 aromatic rings. The van der Waals surface area contributed by atoms with Crippen LogP contribution in [0.3, 0.4) is 0 Å². The highest BCUT2D eigenvalue weighted by Crippen LogP contribution is 2.22. The molecule has 2 aromatic heterocycles. The van der Waals surface area contributed by atoms with Gasteiger partial charge >= 0.3 is 0 Å². The molecule has 0 aliphatic rings. The highest BCUT2D eigenvalue weighted by Gasteiger charge is 2.16. The Morgan fingerprint density at radius 1 is 1.06 bits per heavy atom. The van der Waals surface area contributed by atoms with Crippen molar-refractivity contribution >= 4 is 0 Å². The fourth-order valence-corrected chi connectivity index (χ4v) is 4.00. The molecule has 1 aromatic carbocycles. The lowest BCUT2D eigenvalue weighted by atomic mass is 9.87. The molecule has 1 atom stereocenters. The van der Waals surface area contributed by atoms with Crippen LogP contribution >= 0.6 is 0 Å². The van der Waals surface area contributed by atoms with Gasteiger partial charge in [0.25, 0.3) is 0 Å². The van der Waals surface area contributed by atoms with Crippen LogP contribution in [0.4, 0.5) is 0 Å². The topological polar surface area (TPSA) is 50.8 Å². The Bertz CT molecular complexity index is 952. The van der Waals surface area contributed by atoms with Crippen LogP contribution in [-0.2, 0) is 29.8 Å². The van der Waals surface area contributed by atoms with Crippen molar-refractivity contribution in [1.82, 2.24) is 9.47 Å². The third-order valence-electron chi connectivity index (χ3n) is 6.11. The van der Waals surface area contributed by atoms with Gasteiger partial charge in [-0.15, -0.1) is 0 Å². The Hall–Kier alpha value is -2.34. The zero-order valence-electron chi connectivity index (χ0n) is 21.5. The van der Waals surface area contributed by atoms with Gasteiger partial charge in [0.15, 0.2) is 0 Å². The minimum atomic E-state index is -0.546. The van der Waals surface area contributed by atoms with Crippen LogP contribution in [0, 0.1) is 5.92 Å². The fraction of sp³-hybridized carbons (Fsp3) is 0.517. The summed E-state index contributed by atoms with van der Waals surface area (Å²) < 4.78 is 13.3. The zero-order chi connectivity index (χ0) is 24.6. The van der Waals surface area contributed by atoms with Gasteiger partial charge in [0.2, 0.25) is 0 Å². The zero-order valence-corrected chi connectivity index (χ0v) is 21.5. The summed E-state index contributed by atoms with van der Waals surface area (Å²) in [6, 6.07) is 17.0. The first-order valence-electron chi connectivity index (χ1n) is 12.4. The lowest BCUT2D eigenvalue weighted by Crippen LogP contribution is -2.36. The number of ether oxygens (including phenoxy) is 1. The van der Waals surface area contributed by atoms with Gasteiger partial charge < -0.3 is 18.8 Å². The maximum absolute atomic E-state index is 10.6. The Morgan fingerprint density at radius 3 is 2.47 bits per heavy atom. The first kappa shape index (κ1) is 26.3. The molecule has 5 heteroatoms. The molecule has 0 saturated heterocycles. The van der Waals surface area contributed by atoms with E-state index in [1.807, 2.05) is 12.1 Å². The second-order valence-corrected chi connectivity index (χ2v) is 10.7. The second kappa shape index (κ2) is 12.4. The van der Waals surface area contributed by atoms with E-state index in [9.17, 15) is 5.11 Å². The molecule has 5 nitrogen and oxygen atoms in total. The van der Waals surface area contributed by atoms with Crippen LogP contribution in [0.2, 0.25) is 0 Å². The van der Waals surface area contributed by atoms with Crippen LogP contribution in [0.1, 0.15) is 63.6 Å². The van der Waals surface area contributed by atoms with Gasteiger partial charge in [-0.05, 0) is 59.7 Å².